The van der Waals surface area contributed by atoms with Gasteiger partial charge in [0.05, 0.1) is 17.7 Å². The maximum atomic E-state index is 12.8. The van der Waals surface area contributed by atoms with Gasteiger partial charge in [-0.3, -0.25) is 20.2 Å². The Hall–Kier alpha value is -3.79. The number of hydrogen-bond donors (Lipinski definition) is 4. The number of amides is 2. The van der Waals surface area contributed by atoms with E-state index in [1.165, 1.54) is 6.20 Å². The second kappa shape index (κ2) is 9.60. The molecule has 3 heterocycles. The lowest BCUT2D eigenvalue weighted by atomic mass is 9.97. The average Bonchev–Trinajstić information content (AvgIpc) is 3.55. The van der Waals surface area contributed by atoms with Crippen molar-refractivity contribution in [3.8, 4) is 0 Å². The number of tetrazole rings is 1. The van der Waals surface area contributed by atoms with E-state index in [2.05, 4.69) is 36.0 Å². The molecule has 0 atom stereocenters. The van der Waals surface area contributed by atoms with Crippen LogP contribution in [0.2, 0.25) is 0 Å². The Bertz CT molecular complexity index is 1330. The van der Waals surface area contributed by atoms with Crippen molar-refractivity contribution in [3.05, 3.63) is 29.6 Å². The SMILES string of the molecule is O=C(O)Cc1nc(NC(=O)Nc2ncccc2C(=O)C2CCCC2)sc1S(=O)(=O)c1nn[nH]n1. The van der Waals surface area contributed by atoms with Crippen LogP contribution < -0.4 is 10.6 Å². The number of carbonyl (C=O) groups excluding carboxylic acids is 2. The van der Waals surface area contributed by atoms with E-state index in [-0.39, 0.29) is 33.9 Å². The summed E-state index contributed by atoms with van der Waals surface area (Å²) in [5.74, 6) is -1.50. The number of anilines is 2. The predicted molar refractivity (Wildman–Crippen MR) is 116 cm³/mol. The highest BCUT2D eigenvalue weighted by Gasteiger charge is 2.31. The van der Waals surface area contributed by atoms with Gasteiger partial charge < -0.3 is 5.11 Å². The zero-order valence-corrected chi connectivity index (χ0v) is 19.0. The summed E-state index contributed by atoms with van der Waals surface area (Å²) in [6.07, 6.45) is 4.21. The minimum Gasteiger partial charge on any atom is -0.481 e. The molecular weight excluding hydrogens is 488 g/mol. The zero-order valence-electron chi connectivity index (χ0n) is 17.4. The summed E-state index contributed by atoms with van der Waals surface area (Å²) in [7, 11) is -4.33. The number of hydrogen-bond acceptors (Lipinski definition) is 11. The monoisotopic (exact) mass is 506 g/mol. The van der Waals surface area contributed by atoms with Crippen molar-refractivity contribution in [1.82, 2.24) is 30.6 Å². The first-order valence-corrected chi connectivity index (χ1v) is 12.3. The summed E-state index contributed by atoms with van der Waals surface area (Å²) in [4.78, 5) is 44.6. The highest BCUT2D eigenvalue weighted by molar-refractivity contribution is 7.93. The number of H-pyrrole nitrogens is 1. The number of nitrogens with one attached hydrogen (secondary N) is 3. The van der Waals surface area contributed by atoms with Gasteiger partial charge in [0.25, 0.3) is 15.0 Å². The van der Waals surface area contributed by atoms with Crippen molar-refractivity contribution in [2.24, 2.45) is 5.92 Å². The quantitative estimate of drug-likeness (QED) is 0.322. The molecule has 0 aliphatic heterocycles. The zero-order chi connectivity index (χ0) is 24.3. The summed E-state index contributed by atoms with van der Waals surface area (Å²) in [5, 5.41) is 25.2. The number of carboxylic acids is 1. The van der Waals surface area contributed by atoms with Crippen LogP contribution in [0.4, 0.5) is 15.7 Å². The average molecular weight is 507 g/mol. The largest absolute Gasteiger partial charge is 0.481 e. The molecule has 0 saturated heterocycles. The number of rotatable bonds is 8. The van der Waals surface area contributed by atoms with Crippen LogP contribution in [0, 0.1) is 5.92 Å². The summed E-state index contributed by atoms with van der Waals surface area (Å²) in [6, 6.07) is 2.34. The van der Waals surface area contributed by atoms with Crippen molar-refractivity contribution in [2.45, 2.75) is 41.5 Å². The number of thiazole rings is 1. The lowest BCUT2D eigenvalue weighted by molar-refractivity contribution is -0.136. The number of nitrogens with zero attached hydrogens (tertiary/aromatic N) is 5. The van der Waals surface area contributed by atoms with Crippen LogP contribution in [0.1, 0.15) is 41.7 Å². The van der Waals surface area contributed by atoms with Gasteiger partial charge in [0, 0.05) is 12.1 Å². The first-order chi connectivity index (χ1) is 16.3. The van der Waals surface area contributed by atoms with Crippen LogP contribution in [0.15, 0.2) is 27.7 Å². The third-order valence-electron chi connectivity index (χ3n) is 5.04. The van der Waals surface area contributed by atoms with Gasteiger partial charge in [0.15, 0.2) is 15.1 Å². The van der Waals surface area contributed by atoms with Gasteiger partial charge in [0.2, 0.25) is 0 Å². The van der Waals surface area contributed by atoms with Crippen molar-refractivity contribution in [1.29, 1.82) is 0 Å². The molecule has 4 N–H and O–H groups in total. The maximum absolute atomic E-state index is 12.8. The number of carbonyl (C=O) groups is 3. The Kier molecular flexibility index (Phi) is 6.60. The van der Waals surface area contributed by atoms with E-state index in [4.69, 9.17) is 5.11 Å². The van der Waals surface area contributed by atoms with Gasteiger partial charge in [-0.1, -0.05) is 29.3 Å². The molecule has 1 aliphatic carbocycles. The number of urea groups is 1. The van der Waals surface area contributed by atoms with Crippen LogP contribution in [-0.4, -0.2) is 61.9 Å². The van der Waals surface area contributed by atoms with Crippen molar-refractivity contribution < 1.29 is 27.9 Å². The second-order valence-electron chi connectivity index (χ2n) is 7.35. The molecule has 3 aromatic rings. The van der Waals surface area contributed by atoms with Crippen molar-refractivity contribution in [3.63, 3.8) is 0 Å². The molecule has 3 aromatic heterocycles. The first kappa shape index (κ1) is 23.4. The fourth-order valence-electron chi connectivity index (χ4n) is 3.55. The highest BCUT2D eigenvalue weighted by Crippen LogP contribution is 2.32. The number of aliphatic carboxylic acids is 1. The molecule has 4 rings (SSSR count). The van der Waals surface area contributed by atoms with E-state index in [0.29, 0.717) is 11.3 Å². The third kappa shape index (κ3) is 4.91. The Morgan fingerprint density at radius 3 is 2.65 bits per heavy atom. The maximum Gasteiger partial charge on any atom is 0.326 e. The summed E-state index contributed by atoms with van der Waals surface area (Å²) >= 11 is 0.533. The second-order valence-corrected chi connectivity index (χ2v) is 10.4. The van der Waals surface area contributed by atoms with E-state index in [0.717, 1.165) is 25.7 Å². The van der Waals surface area contributed by atoms with Crippen molar-refractivity contribution >= 4 is 49.9 Å². The van der Waals surface area contributed by atoms with E-state index >= 15 is 0 Å². The van der Waals surface area contributed by atoms with Gasteiger partial charge >= 0.3 is 12.0 Å². The summed E-state index contributed by atoms with van der Waals surface area (Å²) in [5.41, 5.74) is -0.0248. The van der Waals surface area contributed by atoms with Gasteiger partial charge in [0.1, 0.15) is 5.82 Å². The molecule has 16 heteroatoms. The highest BCUT2D eigenvalue weighted by atomic mass is 32.2. The van der Waals surface area contributed by atoms with E-state index in [9.17, 15) is 22.8 Å². The van der Waals surface area contributed by atoms with Crippen LogP contribution in [0.25, 0.3) is 0 Å². The number of sulfone groups is 1. The van der Waals surface area contributed by atoms with Crippen LogP contribution in [0.3, 0.4) is 0 Å². The first-order valence-electron chi connectivity index (χ1n) is 10.0. The molecule has 1 aliphatic rings. The number of pyridine rings is 1. The van der Waals surface area contributed by atoms with Gasteiger partial charge in [-0.2, -0.15) is 5.21 Å². The molecule has 178 valence electrons. The summed E-state index contributed by atoms with van der Waals surface area (Å²) < 4.78 is 25.1. The van der Waals surface area contributed by atoms with Gasteiger partial charge in [-0.15, -0.1) is 5.10 Å². The lowest BCUT2D eigenvalue weighted by Gasteiger charge is -2.12. The summed E-state index contributed by atoms with van der Waals surface area (Å²) in [6.45, 7) is 0. The molecular formula is C18H18N8O6S2. The van der Waals surface area contributed by atoms with Gasteiger partial charge in [-0.25, -0.2) is 23.2 Å². The van der Waals surface area contributed by atoms with E-state index in [1.54, 1.807) is 12.1 Å². The fourth-order valence-corrected chi connectivity index (χ4v) is 6.07. The molecule has 1 saturated carbocycles. The van der Waals surface area contributed by atoms with Gasteiger partial charge in [-0.05, 0) is 30.2 Å². The molecule has 14 nitrogen and oxygen atoms in total. The van der Waals surface area contributed by atoms with Crippen LogP contribution in [0.5, 0.6) is 0 Å². The minimum absolute atomic E-state index is 0.0545. The number of Topliss-reactive ketones (excluding diaryl/α,β-unsaturated/α-hetero) is 1. The number of aromatic nitrogens is 6. The number of aromatic amines is 1. The molecule has 1 fully saturated rings. The van der Waals surface area contributed by atoms with E-state index < -0.39 is 37.6 Å². The van der Waals surface area contributed by atoms with Crippen LogP contribution in [-0.2, 0) is 21.1 Å². The topological polar surface area (TPSA) is 210 Å². The van der Waals surface area contributed by atoms with Crippen LogP contribution >= 0.6 is 11.3 Å². The van der Waals surface area contributed by atoms with E-state index in [1.807, 2.05) is 5.21 Å². The number of carboxylic acid groups (broad SMARTS) is 1. The Morgan fingerprint density at radius 2 is 1.97 bits per heavy atom. The molecule has 0 aromatic carbocycles. The predicted octanol–water partition coefficient (Wildman–Crippen LogP) is 1.53. The molecule has 0 spiro atoms. The Labute approximate surface area is 196 Å². The normalized spacial score (nSPS) is 14.1. The number of ketones is 1. The Morgan fingerprint density at radius 1 is 1.21 bits per heavy atom. The third-order valence-corrected chi connectivity index (χ3v) is 8.14. The minimum atomic E-state index is -4.33. The van der Waals surface area contributed by atoms with Crippen molar-refractivity contribution in [2.75, 3.05) is 10.6 Å². The molecule has 2 amide bonds. The molecule has 0 radical (unpaired) electrons. The Balaban J connectivity index is 1.56. The lowest BCUT2D eigenvalue weighted by Crippen LogP contribution is -2.23. The fraction of sp³-hybridized carbons (Fsp3) is 0.333. The molecule has 0 bridgehead atoms. The standard InChI is InChI=1S/C18H18N8O6S2/c27-12(28)8-11-15(34(31,32)18-23-25-26-24-18)33-17(20-11)22-16(30)21-14-10(6-3-7-19-14)13(29)9-4-1-2-5-9/h3,6-7,9H,1-2,4-5,8H2,(H,27,28)(H,23,24,25,26)(H2,19,20,21,22,30). The molecule has 0 unspecified atom stereocenters. The smallest absolute Gasteiger partial charge is 0.326 e. The molecule has 34 heavy (non-hydrogen) atoms.